The number of rotatable bonds is 4. The van der Waals surface area contributed by atoms with Gasteiger partial charge in [-0.1, -0.05) is 4.49 Å². The molecule has 1 aromatic rings. The van der Waals surface area contributed by atoms with Crippen molar-refractivity contribution in [2.24, 2.45) is 5.92 Å². The number of morpholine rings is 1. The summed E-state index contributed by atoms with van der Waals surface area (Å²) in [6.45, 7) is 10.3. The van der Waals surface area contributed by atoms with E-state index in [1.165, 1.54) is 29.3 Å². The van der Waals surface area contributed by atoms with E-state index in [1.807, 2.05) is 11.8 Å². The van der Waals surface area contributed by atoms with E-state index in [9.17, 15) is 4.79 Å². The lowest BCUT2D eigenvalue weighted by Crippen LogP contribution is -2.52. The van der Waals surface area contributed by atoms with Crippen LogP contribution in [0.2, 0.25) is 0 Å². The van der Waals surface area contributed by atoms with Crippen molar-refractivity contribution in [2.75, 3.05) is 52.5 Å². The molecule has 3 fully saturated rings. The predicted octanol–water partition coefficient (Wildman–Crippen LogP) is 1.38. The number of carbonyl (C=O) groups excluding carboxylic acids is 1. The zero-order chi connectivity index (χ0) is 18.6. The molecule has 0 radical (unpaired) electrons. The van der Waals surface area contributed by atoms with E-state index in [0.717, 1.165) is 64.3 Å². The van der Waals surface area contributed by atoms with Gasteiger partial charge in [-0.25, -0.2) is 0 Å². The molecular weight excluding hydrogens is 362 g/mol. The van der Waals surface area contributed by atoms with Crippen LogP contribution in [0.25, 0.3) is 0 Å². The van der Waals surface area contributed by atoms with Gasteiger partial charge in [0.25, 0.3) is 0 Å². The highest BCUT2D eigenvalue weighted by Crippen LogP contribution is 2.26. The third kappa shape index (κ3) is 4.67. The van der Waals surface area contributed by atoms with Crippen molar-refractivity contribution < 1.29 is 9.53 Å². The molecule has 0 saturated carbocycles. The van der Waals surface area contributed by atoms with Crippen LogP contribution in [0.4, 0.5) is 0 Å². The zero-order valence-electron chi connectivity index (χ0n) is 16.3. The standard InChI is InChI=1S/C19H31N5O2S/c1-15-18(27-21-20-15)14-22-7-4-17(5-8-22)24-6-2-3-16(13-24)19(25)23-9-11-26-12-10-23/h16-17H,2-14H2,1H3/t16-/m0/s1. The number of hydrogen-bond donors (Lipinski definition) is 0. The molecule has 1 atom stereocenters. The molecule has 8 heteroatoms. The lowest BCUT2D eigenvalue weighted by molar-refractivity contribution is -0.142. The molecule has 1 aromatic heterocycles. The van der Waals surface area contributed by atoms with E-state index in [-0.39, 0.29) is 5.92 Å². The van der Waals surface area contributed by atoms with Crippen LogP contribution in [0.3, 0.4) is 0 Å². The normalized spacial score (nSPS) is 26.4. The van der Waals surface area contributed by atoms with Crippen LogP contribution in [-0.4, -0.2) is 88.7 Å². The number of aryl methyl sites for hydroxylation is 1. The highest BCUT2D eigenvalue weighted by molar-refractivity contribution is 7.05. The lowest BCUT2D eigenvalue weighted by Gasteiger charge is -2.43. The van der Waals surface area contributed by atoms with Crippen LogP contribution in [0.5, 0.6) is 0 Å². The molecule has 0 N–H and O–H groups in total. The lowest BCUT2D eigenvalue weighted by atomic mass is 9.92. The quantitative estimate of drug-likeness (QED) is 0.770. The molecule has 0 spiro atoms. The Morgan fingerprint density at radius 1 is 1.15 bits per heavy atom. The fourth-order valence-corrected chi connectivity index (χ4v) is 5.30. The van der Waals surface area contributed by atoms with Crippen LogP contribution < -0.4 is 0 Å². The van der Waals surface area contributed by atoms with E-state index in [0.29, 0.717) is 25.2 Å². The molecule has 1 amide bonds. The maximum Gasteiger partial charge on any atom is 0.227 e. The predicted molar refractivity (Wildman–Crippen MR) is 105 cm³/mol. The summed E-state index contributed by atoms with van der Waals surface area (Å²) in [7, 11) is 0. The molecule has 0 aliphatic carbocycles. The molecule has 27 heavy (non-hydrogen) atoms. The number of carbonyl (C=O) groups is 1. The van der Waals surface area contributed by atoms with Gasteiger partial charge in [0.1, 0.15) is 0 Å². The van der Waals surface area contributed by atoms with E-state index >= 15 is 0 Å². The molecule has 0 unspecified atom stereocenters. The Morgan fingerprint density at radius 2 is 1.93 bits per heavy atom. The van der Waals surface area contributed by atoms with Gasteiger partial charge in [0.2, 0.25) is 5.91 Å². The minimum absolute atomic E-state index is 0.181. The van der Waals surface area contributed by atoms with E-state index in [2.05, 4.69) is 19.4 Å². The topological polar surface area (TPSA) is 61.8 Å². The third-order valence-corrected chi connectivity index (χ3v) is 7.12. The number of aromatic nitrogens is 2. The van der Waals surface area contributed by atoms with E-state index < -0.39 is 0 Å². The Bertz CT molecular complexity index is 625. The highest BCUT2D eigenvalue weighted by atomic mass is 32.1. The van der Waals surface area contributed by atoms with E-state index in [1.54, 1.807) is 0 Å². The summed E-state index contributed by atoms with van der Waals surface area (Å²) >= 11 is 1.52. The minimum Gasteiger partial charge on any atom is -0.378 e. The second-order valence-electron chi connectivity index (χ2n) is 8.06. The first-order valence-corrected chi connectivity index (χ1v) is 11.1. The van der Waals surface area contributed by atoms with Crippen LogP contribution in [0, 0.1) is 12.8 Å². The first-order valence-electron chi connectivity index (χ1n) is 10.3. The number of hydrogen-bond acceptors (Lipinski definition) is 7. The second-order valence-corrected chi connectivity index (χ2v) is 8.90. The first kappa shape index (κ1) is 19.2. The number of likely N-dealkylation sites (tertiary alicyclic amines) is 2. The number of amides is 1. The summed E-state index contributed by atoms with van der Waals surface area (Å²) < 4.78 is 9.44. The highest BCUT2D eigenvalue weighted by Gasteiger charge is 2.34. The average molecular weight is 394 g/mol. The van der Waals surface area contributed by atoms with Gasteiger partial charge in [-0.3, -0.25) is 14.6 Å². The summed E-state index contributed by atoms with van der Waals surface area (Å²) in [5.41, 5.74) is 1.07. The zero-order valence-corrected chi connectivity index (χ0v) is 17.1. The number of ether oxygens (including phenoxy) is 1. The molecule has 4 rings (SSSR count). The molecule has 3 aliphatic heterocycles. The van der Waals surface area contributed by atoms with Gasteiger partial charge in [-0.05, 0) is 50.7 Å². The van der Waals surface area contributed by atoms with Crippen molar-refractivity contribution in [2.45, 2.75) is 45.2 Å². The summed E-state index contributed by atoms with van der Waals surface area (Å²) in [5.74, 6) is 0.536. The molecule has 3 saturated heterocycles. The van der Waals surface area contributed by atoms with Crippen LogP contribution >= 0.6 is 11.5 Å². The average Bonchev–Trinajstić information content (AvgIpc) is 3.13. The van der Waals surface area contributed by atoms with Crippen LogP contribution in [0.15, 0.2) is 0 Å². The third-order valence-electron chi connectivity index (χ3n) is 6.31. The van der Waals surface area contributed by atoms with Crippen molar-refractivity contribution in [3.63, 3.8) is 0 Å². The van der Waals surface area contributed by atoms with Gasteiger partial charge in [0.15, 0.2) is 0 Å². The molecule has 4 heterocycles. The Balaban J connectivity index is 1.26. The van der Waals surface area contributed by atoms with Gasteiger partial charge in [-0.15, -0.1) is 5.10 Å². The fraction of sp³-hybridized carbons (Fsp3) is 0.842. The smallest absolute Gasteiger partial charge is 0.227 e. The Labute approximate surface area is 165 Å². The number of nitrogens with zero attached hydrogens (tertiary/aromatic N) is 5. The monoisotopic (exact) mass is 393 g/mol. The van der Waals surface area contributed by atoms with Gasteiger partial charge < -0.3 is 9.64 Å². The fourth-order valence-electron chi connectivity index (χ4n) is 4.62. The van der Waals surface area contributed by atoms with Crippen LogP contribution in [-0.2, 0) is 16.1 Å². The first-order chi connectivity index (χ1) is 13.2. The van der Waals surface area contributed by atoms with Gasteiger partial charge in [0, 0.05) is 45.3 Å². The maximum absolute atomic E-state index is 12.9. The van der Waals surface area contributed by atoms with Crippen LogP contribution in [0.1, 0.15) is 36.3 Å². The van der Waals surface area contributed by atoms with Crippen molar-refractivity contribution >= 4 is 17.4 Å². The summed E-state index contributed by atoms with van der Waals surface area (Å²) in [6, 6.07) is 0.627. The molecular formula is C19H31N5O2S. The molecule has 7 nitrogen and oxygen atoms in total. The van der Waals surface area contributed by atoms with E-state index in [4.69, 9.17) is 4.74 Å². The Kier molecular flexibility index (Phi) is 6.37. The maximum atomic E-state index is 12.9. The Morgan fingerprint density at radius 3 is 2.63 bits per heavy atom. The molecule has 3 aliphatic rings. The van der Waals surface area contributed by atoms with Crippen molar-refractivity contribution in [1.29, 1.82) is 0 Å². The summed E-state index contributed by atoms with van der Waals surface area (Å²) in [5, 5.41) is 4.12. The molecule has 150 valence electrons. The van der Waals surface area contributed by atoms with Gasteiger partial charge in [-0.2, -0.15) is 0 Å². The van der Waals surface area contributed by atoms with Crippen molar-refractivity contribution in [3.8, 4) is 0 Å². The SMILES string of the molecule is Cc1nnsc1CN1CCC(N2CCC[C@H](C(=O)N3CCOCC3)C2)CC1. The summed E-state index contributed by atoms with van der Waals surface area (Å²) in [4.78, 5) is 21.3. The van der Waals surface area contributed by atoms with Crippen molar-refractivity contribution in [3.05, 3.63) is 10.6 Å². The minimum atomic E-state index is 0.181. The second kappa shape index (κ2) is 8.94. The van der Waals surface area contributed by atoms with Gasteiger partial charge >= 0.3 is 0 Å². The number of piperidine rings is 2. The Hall–Kier alpha value is -1.09. The largest absolute Gasteiger partial charge is 0.378 e. The van der Waals surface area contributed by atoms with Gasteiger partial charge in [0.05, 0.1) is 29.7 Å². The molecule has 0 aromatic carbocycles. The molecule has 0 bridgehead atoms. The summed E-state index contributed by atoms with van der Waals surface area (Å²) in [6.07, 6.45) is 4.59. The van der Waals surface area contributed by atoms with Crippen molar-refractivity contribution in [1.82, 2.24) is 24.3 Å².